The maximum Gasteiger partial charge on any atom is 0.326 e. The lowest BCUT2D eigenvalue weighted by molar-refractivity contribution is -0.152. The molecule has 26 heavy (non-hydrogen) atoms. The first-order chi connectivity index (χ1) is 12.4. The van der Waals surface area contributed by atoms with Crippen molar-refractivity contribution in [2.75, 3.05) is 13.1 Å². The first-order valence-corrected chi connectivity index (χ1v) is 9.09. The van der Waals surface area contributed by atoms with E-state index in [4.69, 9.17) is 0 Å². The fourth-order valence-corrected chi connectivity index (χ4v) is 3.93. The summed E-state index contributed by atoms with van der Waals surface area (Å²) in [6.07, 6.45) is 5.27. The minimum atomic E-state index is -1.06. The van der Waals surface area contributed by atoms with E-state index >= 15 is 0 Å². The first kappa shape index (κ1) is 18.2. The number of carbonyl (C=O) groups excluding carboxylic acids is 3. The lowest BCUT2D eigenvalue weighted by Crippen LogP contribution is -2.51. The number of imide groups is 1. The molecule has 9 heteroatoms. The molecule has 1 N–H and O–H groups in total. The number of aromatic nitrogens is 1. The zero-order valence-electron chi connectivity index (χ0n) is 14.3. The van der Waals surface area contributed by atoms with Gasteiger partial charge < -0.3 is 14.6 Å². The van der Waals surface area contributed by atoms with E-state index in [-0.39, 0.29) is 4.91 Å². The van der Waals surface area contributed by atoms with E-state index in [1.54, 1.807) is 6.08 Å². The van der Waals surface area contributed by atoms with Crippen LogP contribution in [0, 0.1) is 0 Å². The second kappa shape index (κ2) is 7.36. The number of thioether (sulfide) groups is 1. The van der Waals surface area contributed by atoms with Gasteiger partial charge in [0.25, 0.3) is 11.1 Å². The van der Waals surface area contributed by atoms with Gasteiger partial charge in [0.05, 0.1) is 4.91 Å². The van der Waals surface area contributed by atoms with Crippen molar-refractivity contribution >= 4 is 40.9 Å². The molecule has 1 atom stereocenters. The van der Waals surface area contributed by atoms with E-state index < -0.39 is 35.6 Å². The summed E-state index contributed by atoms with van der Waals surface area (Å²) in [5.41, 5.74) is 0.767. The van der Waals surface area contributed by atoms with Crippen LogP contribution in [0.2, 0.25) is 0 Å². The number of amides is 3. The Balaban J connectivity index is 1.73. The SMILES string of the molecule is Cn1cccc1C=C1SC(=O)N(CC(=O)N2CCCCC2C(=O)O)C1=O. The zero-order chi connectivity index (χ0) is 18.8. The quantitative estimate of drug-likeness (QED) is 0.799. The lowest BCUT2D eigenvalue weighted by atomic mass is 10.0. The number of piperidine rings is 1. The van der Waals surface area contributed by atoms with Crippen LogP contribution in [0.25, 0.3) is 6.08 Å². The van der Waals surface area contributed by atoms with Crippen LogP contribution in [-0.2, 0) is 21.4 Å². The van der Waals surface area contributed by atoms with Crippen LogP contribution in [0.3, 0.4) is 0 Å². The van der Waals surface area contributed by atoms with Crippen LogP contribution >= 0.6 is 11.8 Å². The van der Waals surface area contributed by atoms with E-state index in [0.717, 1.165) is 28.8 Å². The number of carboxylic acid groups (broad SMARTS) is 1. The van der Waals surface area contributed by atoms with Gasteiger partial charge in [-0.25, -0.2) is 4.79 Å². The van der Waals surface area contributed by atoms with Crippen molar-refractivity contribution in [2.45, 2.75) is 25.3 Å². The molecule has 3 rings (SSSR count). The number of carbonyl (C=O) groups is 4. The minimum absolute atomic E-state index is 0.248. The van der Waals surface area contributed by atoms with E-state index in [9.17, 15) is 24.3 Å². The Morgan fingerprint density at radius 1 is 1.35 bits per heavy atom. The van der Waals surface area contributed by atoms with Crippen LogP contribution in [0.15, 0.2) is 23.2 Å². The van der Waals surface area contributed by atoms with Gasteiger partial charge in [0.2, 0.25) is 5.91 Å². The van der Waals surface area contributed by atoms with Gasteiger partial charge in [0.15, 0.2) is 0 Å². The summed E-state index contributed by atoms with van der Waals surface area (Å²) in [5.74, 6) is -2.10. The third-order valence-corrected chi connectivity index (χ3v) is 5.45. The maximum atomic E-state index is 12.5. The van der Waals surface area contributed by atoms with E-state index in [1.807, 2.05) is 29.9 Å². The number of likely N-dealkylation sites (tertiary alicyclic amines) is 1. The minimum Gasteiger partial charge on any atom is -0.480 e. The second-order valence-electron chi connectivity index (χ2n) is 6.25. The number of carboxylic acids is 1. The summed E-state index contributed by atoms with van der Waals surface area (Å²) in [7, 11) is 1.82. The predicted octanol–water partition coefficient (Wildman–Crippen LogP) is 1.53. The molecule has 0 spiro atoms. The van der Waals surface area contributed by atoms with Crippen molar-refractivity contribution in [3.63, 3.8) is 0 Å². The summed E-state index contributed by atoms with van der Waals surface area (Å²) in [5, 5.41) is 8.76. The average Bonchev–Trinajstić information content (AvgIpc) is 3.13. The van der Waals surface area contributed by atoms with Crippen LogP contribution in [0.1, 0.15) is 25.0 Å². The van der Waals surface area contributed by atoms with E-state index in [0.29, 0.717) is 19.4 Å². The van der Waals surface area contributed by atoms with Crippen LogP contribution in [0.4, 0.5) is 4.79 Å². The third-order valence-electron chi connectivity index (χ3n) is 4.54. The molecular weight excluding hydrogens is 358 g/mol. The number of hydrogen-bond donors (Lipinski definition) is 1. The first-order valence-electron chi connectivity index (χ1n) is 8.27. The largest absolute Gasteiger partial charge is 0.480 e. The molecule has 138 valence electrons. The second-order valence-corrected chi connectivity index (χ2v) is 7.24. The van der Waals surface area contributed by atoms with Gasteiger partial charge in [-0.1, -0.05) is 0 Å². The summed E-state index contributed by atoms with van der Waals surface area (Å²) in [6.45, 7) is -0.107. The van der Waals surface area contributed by atoms with Gasteiger partial charge in [0, 0.05) is 25.5 Å². The molecule has 0 radical (unpaired) electrons. The Morgan fingerprint density at radius 3 is 2.77 bits per heavy atom. The van der Waals surface area contributed by atoms with Crippen LogP contribution in [-0.4, -0.2) is 61.6 Å². The molecule has 3 amide bonds. The van der Waals surface area contributed by atoms with Crippen LogP contribution in [0.5, 0.6) is 0 Å². The topological polar surface area (TPSA) is 99.9 Å². The fraction of sp³-hybridized carbons (Fsp3) is 0.412. The Hall–Kier alpha value is -2.55. The molecule has 0 aromatic carbocycles. The average molecular weight is 377 g/mol. The molecule has 0 aliphatic carbocycles. The summed E-state index contributed by atoms with van der Waals surface area (Å²) in [4.78, 5) is 50.9. The summed E-state index contributed by atoms with van der Waals surface area (Å²) < 4.78 is 1.81. The Morgan fingerprint density at radius 2 is 2.12 bits per heavy atom. The fourth-order valence-electron chi connectivity index (χ4n) is 3.11. The molecule has 0 saturated carbocycles. The number of rotatable bonds is 4. The van der Waals surface area contributed by atoms with Gasteiger partial charge in [0.1, 0.15) is 12.6 Å². The number of nitrogens with zero attached hydrogens (tertiary/aromatic N) is 3. The maximum absolute atomic E-state index is 12.5. The summed E-state index contributed by atoms with van der Waals surface area (Å²) >= 11 is 0.783. The highest BCUT2D eigenvalue weighted by molar-refractivity contribution is 8.18. The smallest absolute Gasteiger partial charge is 0.326 e. The van der Waals surface area contributed by atoms with Gasteiger partial charge in [-0.3, -0.25) is 19.3 Å². The molecule has 2 aliphatic heterocycles. The van der Waals surface area contributed by atoms with Crippen molar-refractivity contribution in [2.24, 2.45) is 7.05 Å². The normalized spacial score (nSPS) is 22.3. The van der Waals surface area contributed by atoms with Crippen molar-refractivity contribution in [3.8, 4) is 0 Å². The van der Waals surface area contributed by atoms with E-state index in [1.165, 1.54) is 4.90 Å². The summed E-state index contributed by atoms with van der Waals surface area (Å²) in [6, 6.07) is 2.74. The molecular formula is C17H19N3O5S. The Kier molecular flexibility index (Phi) is 5.17. The number of aliphatic carboxylic acids is 1. The Bertz CT molecular complexity index is 800. The molecule has 2 aliphatic rings. The van der Waals surface area contributed by atoms with Crippen LogP contribution < -0.4 is 0 Å². The van der Waals surface area contributed by atoms with Gasteiger partial charge in [-0.05, 0) is 49.2 Å². The molecule has 2 fully saturated rings. The standard InChI is InChI=1S/C17H19N3O5S/c1-18-7-4-5-11(18)9-13-15(22)20(17(25)26-13)10-14(21)19-8-3-2-6-12(19)16(23)24/h4-5,7,9,12H,2-3,6,8,10H2,1H3,(H,23,24). The number of hydrogen-bond acceptors (Lipinski definition) is 5. The molecule has 8 nitrogen and oxygen atoms in total. The molecule has 3 heterocycles. The lowest BCUT2D eigenvalue weighted by Gasteiger charge is -2.33. The zero-order valence-corrected chi connectivity index (χ0v) is 15.1. The number of aryl methyl sites for hydroxylation is 1. The Labute approximate surface area is 154 Å². The van der Waals surface area contributed by atoms with Gasteiger partial charge in [-0.15, -0.1) is 0 Å². The molecule has 0 bridgehead atoms. The van der Waals surface area contributed by atoms with E-state index in [2.05, 4.69) is 0 Å². The molecule has 1 aromatic rings. The molecule has 1 unspecified atom stereocenters. The van der Waals surface area contributed by atoms with Crippen molar-refractivity contribution in [1.29, 1.82) is 0 Å². The highest BCUT2D eigenvalue weighted by atomic mass is 32.2. The molecule has 1 aromatic heterocycles. The monoisotopic (exact) mass is 377 g/mol. The van der Waals surface area contributed by atoms with Gasteiger partial charge in [-0.2, -0.15) is 0 Å². The predicted molar refractivity (Wildman–Crippen MR) is 95.1 cm³/mol. The van der Waals surface area contributed by atoms with Crippen molar-refractivity contribution in [3.05, 3.63) is 28.9 Å². The third kappa shape index (κ3) is 3.52. The molecule has 2 saturated heterocycles. The van der Waals surface area contributed by atoms with Crippen molar-refractivity contribution in [1.82, 2.24) is 14.4 Å². The highest BCUT2D eigenvalue weighted by Crippen LogP contribution is 2.32. The van der Waals surface area contributed by atoms with Gasteiger partial charge >= 0.3 is 5.97 Å². The highest BCUT2D eigenvalue weighted by Gasteiger charge is 2.39. The van der Waals surface area contributed by atoms with Crippen molar-refractivity contribution < 1.29 is 24.3 Å².